The maximum absolute atomic E-state index is 16.9. The summed E-state index contributed by atoms with van der Waals surface area (Å²) in [4.78, 5) is 82.3. The second-order valence-electron chi connectivity index (χ2n) is 18.7. The van der Waals surface area contributed by atoms with E-state index in [-0.39, 0.29) is 56.3 Å². The summed E-state index contributed by atoms with van der Waals surface area (Å²) < 4.78 is 29.4. The molecule has 3 N–H and O–H groups in total. The van der Waals surface area contributed by atoms with E-state index in [1.165, 1.54) is 14.2 Å². The lowest BCUT2D eigenvalue weighted by molar-refractivity contribution is -0.179. The lowest BCUT2D eigenvalue weighted by atomic mass is 9.64. The number of esters is 2. The van der Waals surface area contributed by atoms with Crippen molar-refractivity contribution in [1.29, 1.82) is 0 Å². The van der Waals surface area contributed by atoms with Crippen molar-refractivity contribution in [2.75, 3.05) is 52.6 Å². The molecule has 4 aliphatic rings. The van der Waals surface area contributed by atoms with Gasteiger partial charge in [-0.25, -0.2) is 14.5 Å². The first kappa shape index (κ1) is 50.2. The van der Waals surface area contributed by atoms with Crippen molar-refractivity contribution in [2.45, 2.75) is 68.9 Å². The van der Waals surface area contributed by atoms with Crippen LogP contribution in [0.1, 0.15) is 77.4 Å². The Morgan fingerprint density at radius 2 is 1.48 bits per heavy atom. The number of carbonyl (C=O) groups is 5. The van der Waals surface area contributed by atoms with Gasteiger partial charge < -0.3 is 44.1 Å². The second-order valence-corrected chi connectivity index (χ2v) is 18.7. The highest BCUT2D eigenvalue weighted by atomic mass is 16.6. The van der Waals surface area contributed by atoms with Crippen molar-refractivity contribution in [2.24, 2.45) is 11.8 Å². The van der Waals surface area contributed by atoms with Crippen LogP contribution >= 0.6 is 0 Å². The Labute approximate surface area is 423 Å². The predicted molar refractivity (Wildman–Crippen MR) is 267 cm³/mol. The fourth-order valence-electron chi connectivity index (χ4n) is 11.2. The summed E-state index contributed by atoms with van der Waals surface area (Å²) in [5.41, 5.74) is 1.92. The minimum atomic E-state index is -2.18. The average Bonchev–Trinajstić information content (AvgIpc) is 3.87. The SMILES string of the molecule is COC(=O)[C@@H](NC(=O)N1C(=O)[C@@]2(c3cc(C#CCCO)ccc31)[C@H](C(=O)N1CCc3cc(OC)c(OC)cc3C1)[C@H]1C(=O)O[C@H](c3ccccc3)[C@H](c3ccccc3)N1[C@@H]2c1ccccc1OCCO)C(C)C. The van der Waals surface area contributed by atoms with Gasteiger partial charge in [0.05, 0.1) is 58.2 Å². The van der Waals surface area contributed by atoms with Gasteiger partial charge >= 0.3 is 18.0 Å². The van der Waals surface area contributed by atoms with Gasteiger partial charge in [0.15, 0.2) is 11.5 Å². The number of aliphatic hydroxyl groups is 2. The number of carbonyl (C=O) groups excluding carboxylic acids is 5. The van der Waals surface area contributed by atoms with Crippen LogP contribution in [0.15, 0.2) is 115 Å². The zero-order valence-electron chi connectivity index (χ0n) is 41.3. The van der Waals surface area contributed by atoms with Crippen LogP contribution in [0.5, 0.6) is 17.2 Å². The maximum atomic E-state index is 16.9. The molecule has 9 rings (SSSR count). The van der Waals surface area contributed by atoms with E-state index in [9.17, 15) is 15.0 Å². The van der Waals surface area contributed by atoms with E-state index in [2.05, 4.69) is 17.2 Å². The molecule has 378 valence electrons. The van der Waals surface area contributed by atoms with Gasteiger partial charge in [-0.3, -0.25) is 19.3 Å². The van der Waals surface area contributed by atoms with Gasteiger partial charge in [0, 0.05) is 30.6 Å². The number of para-hydroxylation sites is 1. The van der Waals surface area contributed by atoms with Gasteiger partial charge in [-0.1, -0.05) is 105 Å². The standard InChI is InChI=1S/C57H58N4O12/c1-34(2)47(53(65)71-5)58-56(68)60-42-24-23-35(16-14-15-27-62)30-41(42)57(55(60)67)46(52(64)59-26-25-38-31-44(69-3)45(70-4)32-39(38)33-59)49-54(66)73-50(37-19-10-7-11-20-37)48(36-17-8-6-9-18-36)61(49)51(57)40-21-12-13-22-43(40)72-29-28-63/h6-13,17-24,30-32,34,46-51,62-63H,15,25-29,33H2,1-5H3,(H,58,68)/t46-,47-,48-,49-,50+,51+,57-/m0/s1. The summed E-state index contributed by atoms with van der Waals surface area (Å²) in [7, 11) is 4.28. The second kappa shape index (κ2) is 21.2. The lowest BCUT2D eigenvalue weighted by Gasteiger charge is -2.46. The minimum absolute atomic E-state index is 0.0611. The van der Waals surface area contributed by atoms with Crippen molar-refractivity contribution in [3.8, 4) is 29.1 Å². The van der Waals surface area contributed by atoms with Crippen molar-refractivity contribution < 1.29 is 57.9 Å². The number of nitrogens with one attached hydrogen (secondary N) is 1. The van der Waals surface area contributed by atoms with Gasteiger partial charge in [-0.15, -0.1) is 0 Å². The number of rotatable bonds is 13. The Morgan fingerprint density at radius 3 is 2.14 bits per heavy atom. The Kier molecular flexibility index (Phi) is 14.6. The molecule has 73 heavy (non-hydrogen) atoms. The molecule has 1 spiro atoms. The Balaban J connectivity index is 1.38. The molecule has 0 bridgehead atoms. The maximum Gasteiger partial charge on any atom is 0.329 e. The number of nitrogens with zero attached hydrogens (tertiary/aromatic N) is 3. The Hall–Kier alpha value is -7.71. The van der Waals surface area contributed by atoms with E-state index in [1.807, 2.05) is 77.7 Å². The van der Waals surface area contributed by atoms with Crippen LogP contribution in [0.25, 0.3) is 0 Å². The third-order valence-electron chi connectivity index (χ3n) is 14.4. The molecular formula is C57H58N4O12. The smallest absolute Gasteiger partial charge is 0.329 e. The largest absolute Gasteiger partial charge is 0.493 e. The highest BCUT2D eigenvalue weighted by Crippen LogP contribution is 2.67. The quantitative estimate of drug-likeness (QED) is 0.0925. The molecule has 4 aliphatic heterocycles. The fraction of sp³-hybridized carbons (Fsp3) is 0.351. The number of imide groups is 1. The summed E-state index contributed by atoms with van der Waals surface area (Å²) in [6.45, 7) is 2.98. The van der Waals surface area contributed by atoms with E-state index >= 15 is 19.2 Å². The molecule has 0 radical (unpaired) electrons. The molecule has 7 atom stereocenters. The number of amides is 4. The number of ether oxygens (including phenoxy) is 5. The Morgan fingerprint density at radius 1 is 0.808 bits per heavy atom. The van der Waals surface area contributed by atoms with Crippen molar-refractivity contribution in [3.63, 3.8) is 0 Å². The zero-order valence-corrected chi connectivity index (χ0v) is 41.3. The van der Waals surface area contributed by atoms with Crippen molar-refractivity contribution in [3.05, 3.63) is 154 Å². The molecule has 2 fully saturated rings. The zero-order chi connectivity index (χ0) is 51.6. The monoisotopic (exact) mass is 990 g/mol. The third-order valence-corrected chi connectivity index (χ3v) is 14.4. The van der Waals surface area contributed by atoms with E-state index in [1.54, 1.807) is 68.3 Å². The first-order valence-corrected chi connectivity index (χ1v) is 24.3. The molecule has 0 saturated carbocycles. The van der Waals surface area contributed by atoms with Crippen LogP contribution in [0.2, 0.25) is 0 Å². The van der Waals surface area contributed by atoms with E-state index in [0.717, 1.165) is 16.0 Å². The topological polar surface area (TPSA) is 194 Å². The van der Waals surface area contributed by atoms with Gasteiger partial charge in [0.1, 0.15) is 36.0 Å². The molecule has 5 aromatic carbocycles. The van der Waals surface area contributed by atoms with E-state index in [4.69, 9.17) is 23.7 Å². The average molecular weight is 991 g/mol. The first-order valence-electron chi connectivity index (χ1n) is 24.3. The number of hydrogen-bond donors (Lipinski definition) is 3. The van der Waals surface area contributed by atoms with Crippen molar-refractivity contribution >= 4 is 35.5 Å². The molecule has 5 aromatic rings. The van der Waals surface area contributed by atoms with Crippen LogP contribution in [0.3, 0.4) is 0 Å². The molecule has 2 saturated heterocycles. The summed E-state index contributed by atoms with van der Waals surface area (Å²) in [5.74, 6) is 2.26. The molecule has 0 aromatic heterocycles. The van der Waals surface area contributed by atoms with Gasteiger partial charge in [-0.05, 0) is 76.6 Å². The summed E-state index contributed by atoms with van der Waals surface area (Å²) in [6, 6.07) is 28.4. The Bertz CT molecular complexity index is 2970. The minimum Gasteiger partial charge on any atom is -0.493 e. The number of cyclic esters (lactones) is 1. The van der Waals surface area contributed by atoms with Crippen molar-refractivity contribution in [1.82, 2.24) is 15.1 Å². The number of anilines is 1. The van der Waals surface area contributed by atoms with E-state index in [0.29, 0.717) is 40.2 Å². The number of morpholine rings is 1. The highest BCUT2D eigenvalue weighted by molar-refractivity contribution is 6.25. The molecule has 0 aliphatic carbocycles. The van der Waals surface area contributed by atoms with Crippen LogP contribution in [0.4, 0.5) is 10.5 Å². The number of urea groups is 1. The normalized spacial score (nSPS) is 22.3. The lowest BCUT2D eigenvalue weighted by Crippen LogP contribution is -2.58. The van der Waals surface area contributed by atoms with Crippen LogP contribution in [-0.2, 0) is 47.0 Å². The predicted octanol–water partition coefficient (Wildman–Crippen LogP) is 5.97. The van der Waals surface area contributed by atoms with Crippen LogP contribution in [-0.4, -0.2) is 110 Å². The number of methoxy groups -OCH3 is 3. The molecule has 16 nitrogen and oxygen atoms in total. The highest BCUT2D eigenvalue weighted by Gasteiger charge is 2.76. The number of fused-ring (bicyclic) bond motifs is 4. The first-order chi connectivity index (χ1) is 35.4. The third kappa shape index (κ3) is 8.81. The van der Waals surface area contributed by atoms with Crippen LogP contribution in [0, 0.1) is 23.7 Å². The number of benzene rings is 5. The molecule has 16 heteroatoms. The van der Waals surface area contributed by atoms with Gasteiger partial charge in [-0.2, -0.15) is 0 Å². The summed E-state index contributed by atoms with van der Waals surface area (Å²) >= 11 is 0. The summed E-state index contributed by atoms with van der Waals surface area (Å²) in [6.07, 6.45) is -0.473. The van der Waals surface area contributed by atoms with E-state index < -0.39 is 77.3 Å². The van der Waals surface area contributed by atoms with Gasteiger partial charge in [0.2, 0.25) is 11.8 Å². The number of hydrogen-bond acceptors (Lipinski definition) is 13. The molecule has 0 unspecified atom stereocenters. The fourth-order valence-corrected chi connectivity index (χ4v) is 11.2. The molecule has 4 heterocycles. The molecule has 4 amide bonds. The number of aliphatic hydroxyl groups excluding tert-OH is 2. The summed E-state index contributed by atoms with van der Waals surface area (Å²) in [5, 5.41) is 22.7. The van der Waals surface area contributed by atoms with Crippen LogP contribution < -0.4 is 24.4 Å². The van der Waals surface area contributed by atoms with Gasteiger partial charge in [0.25, 0.3) is 0 Å². The molecular weight excluding hydrogens is 933 g/mol.